The average Bonchev–Trinajstić information content (AvgIpc) is 2.72. The molecule has 0 bridgehead atoms. The Bertz CT molecular complexity index is 1340. The molecule has 0 spiro atoms. The molecule has 8 nitrogen and oxygen atoms in total. The van der Waals surface area contributed by atoms with Gasteiger partial charge in [0.15, 0.2) is 6.10 Å². The molecule has 2 N–H and O–H groups in total. The minimum Gasteiger partial charge on any atom is -0.479 e. The lowest BCUT2D eigenvalue weighted by Crippen LogP contribution is -2.38. The second-order valence-corrected chi connectivity index (χ2v) is 10.4. The Hall–Kier alpha value is -3.12. The van der Waals surface area contributed by atoms with E-state index in [0.29, 0.717) is 16.6 Å². The maximum absolute atomic E-state index is 13.9. The number of halogens is 4. The molecule has 0 aliphatic carbocycles. The van der Waals surface area contributed by atoms with E-state index in [4.69, 9.17) is 16.3 Å². The SMILES string of the molecule is C[C@@H](Oc1cc(F)ccc1Nc1ncnc2cc(N=S(C)(C)=O)cc(Cl)c12)C(=O)NCC(F)F. The number of carbonyl (C=O) groups is 1. The number of nitrogens with one attached hydrogen (secondary N) is 2. The van der Waals surface area contributed by atoms with Crippen molar-refractivity contribution in [3.8, 4) is 5.75 Å². The number of alkyl halides is 2. The molecule has 3 rings (SSSR count). The second kappa shape index (κ2) is 10.4. The van der Waals surface area contributed by atoms with Crippen LogP contribution < -0.4 is 15.4 Å². The fourth-order valence-corrected chi connectivity index (χ4v) is 3.83. The number of ether oxygens (including phenoxy) is 1. The molecule has 0 fully saturated rings. The number of anilines is 2. The van der Waals surface area contributed by atoms with Gasteiger partial charge in [0, 0.05) is 28.3 Å². The van der Waals surface area contributed by atoms with Crippen molar-refractivity contribution in [1.82, 2.24) is 15.3 Å². The van der Waals surface area contributed by atoms with Crippen molar-refractivity contribution in [1.29, 1.82) is 0 Å². The summed E-state index contributed by atoms with van der Waals surface area (Å²) < 4.78 is 60.3. The third-order valence-corrected chi connectivity index (χ3v) is 5.25. The zero-order valence-corrected chi connectivity index (χ0v) is 19.9. The van der Waals surface area contributed by atoms with Crippen LogP contribution in [0.3, 0.4) is 0 Å². The first kappa shape index (κ1) is 25.5. The van der Waals surface area contributed by atoms with Crippen molar-refractivity contribution in [2.45, 2.75) is 19.5 Å². The monoisotopic (exact) mass is 515 g/mol. The minimum atomic E-state index is -2.72. The summed E-state index contributed by atoms with van der Waals surface area (Å²) in [6.45, 7) is 0.516. The molecule has 13 heteroatoms. The second-order valence-electron chi connectivity index (χ2n) is 7.48. The van der Waals surface area contributed by atoms with E-state index in [2.05, 4.69) is 19.6 Å². The molecule has 0 aliphatic rings. The van der Waals surface area contributed by atoms with E-state index in [9.17, 15) is 22.2 Å². The normalized spacial score (nSPS) is 12.5. The summed E-state index contributed by atoms with van der Waals surface area (Å²) in [5, 5.41) is 5.67. The number of rotatable bonds is 8. The van der Waals surface area contributed by atoms with Crippen molar-refractivity contribution in [3.63, 3.8) is 0 Å². The highest BCUT2D eigenvalue weighted by atomic mass is 35.5. The standard InChI is InChI=1S/C21H21ClF3N5O3S/c1-11(21(31)26-9-18(24)25)33-17-6-12(23)4-5-15(17)29-20-19-14(22)7-13(30-34(2,3)32)8-16(19)27-10-28-20/h4-8,10-11,18H,9H2,1-3H3,(H,26,31)(H,27,28,29)/t11-/m1/s1. The van der Waals surface area contributed by atoms with Crippen LogP contribution in [0.4, 0.5) is 30.4 Å². The highest BCUT2D eigenvalue weighted by Crippen LogP contribution is 2.36. The predicted molar refractivity (Wildman–Crippen MR) is 125 cm³/mol. The molecule has 0 radical (unpaired) electrons. The maximum Gasteiger partial charge on any atom is 0.260 e. The van der Waals surface area contributed by atoms with E-state index >= 15 is 0 Å². The summed E-state index contributed by atoms with van der Waals surface area (Å²) in [4.78, 5) is 20.4. The summed E-state index contributed by atoms with van der Waals surface area (Å²) in [6, 6.07) is 6.68. The van der Waals surface area contributed by atoms with Crippen LogP contribution in [0.2, 0.25) is 5.02 Å². The average molecular weight is 516 g/mol. The van der Waals surface area contributed by atoms with Crippen LogP contribution in [0.15, 0.2) is 41.0 Å². The molecule has 0 aliphatic heterocycles. The lowest BCUT2D eigenvalue weighted by atomic mass is 10.2. The molecule has 182 valence electrons. The van der Waals surface area contributed by atoms with E-state index in [0.717, 1.165) is 12.1 Å². The summed E-state index contributed by atoms with van der Waals surface area (Å²) in [5.74, 6) is -1.22. The number of aromatic nitrogens is 2. The molecule has 0 unspecified atom stereocenters. The molecular formula is C21H21ClF3N5O3S. The molecule has 1 heterocycles. The minimum absolute atomic E-state index is 0.0501. The first-order valence-corrected chi connectivity index (χ1v) is 12.5. The topological polar surface area (TPSA) is 106 Å². The van der Waals surface area contributed by atoms with E-state index in [1.807, 2.05) is 5.32 Å². The summed E-state index contributed by atoms with van der Waals surface area (Å²) >= 11 is 6.44. The molecule has 34 heavy (non-hydrogen) atoms. The summed E-state index contributed by atoms with van der Waals surface area (Å²) in [6.07, 6.45) is 0.345. The zero-order valence-electron chi connectivity index (χ0n) is 18.3. The van der Waals surface area contributed by atoms with Crippen molar-refractivity contribution in [2.24, 2.45) is 4.36 Å². The molecule has 1 amide bonds. The quantitative estimate of drug-likeness (QED) is 0.451. The van der Waals surface area contributed by atoms with Gasteiger partial charge >= 0.3 is 0 Å². The fourth-order valence-electron chi connectivity index (χ4n) is 2.92. The van der Waals surface area contributed by atoms with Crippen LogP contribution in [0.25, 0.3) is 10.9 Å². The van der Waals surface area contributed by atoms with Gasteiger partial charge in [0.25, 0.3) is 12.3 Å². The van der Waals surface area contributed by atoms with Crippen molar-refractivity contribution < 1.29 is 26.9 Å². The van der Waals surface area contributed by atoms with E-state index in [1.54, 1.807) is 6.07 Å². The van der Waals surface area contributed by atoms with E-state index in [-0.39, 0.29) is 22.3 Å². The first-order chi connectivity index (χ1) is 15.9. The molecule has 0 saturated carbocycles. The lowest BCUT2D eigenvalue weighted by molar-refractivity contribution is -0.127. The van der Waals surface area contributed by atoms with Gasteiger partial charge in [-0.05, 0) is 31.2 Å². The Morgan fingerprint density at radius 3 is 2.65 bits per heavy atom. The predicted octanol–water partition coefficient (Wildman–Crippen LogP) is 4.67. The van der Waals surface area contributed by atoms with E-state index in [1.165, 1.54) is 37.9 Å². The smallest absolute Gasteiger partial charge is 0.260 e. The number of benzene rings is 2. The lowest BCUT2D eigenvalue weighted by Gasteiger charge is -2.18. The third-order valence-electron chi connectivity index (χ3n) is 4.30. The van der Waals surface area contributed by atoms with Gasteiger partial charge in [-0.15, -0.1) is 0 Å². The number of fused-ring (bicyclic) bond motifs is 1. The zero-order chi connectivity index (χ0) is 25.0. The van der Waals surface area contributed by atoms with Crippen LogP contribution in [-0.2, 0) is 14.5 Å². The van der Waals surface area contributed by atoms with Gasteiger partial charge in [0.05, 0.1) is 33.8 Å². The highest BCUT2D eigenvalue weighted by Gasteiger charge is 2.19. The Labute approximate surface area is 199 Å². The fraction of sp³-hybridized carbons (Fsp3) is 0.286. The van der Waals surface area contributed by atoms with Gasteiger partial charge < -0.3 is 15.4 Å². The molecule has 1 atom stereocenters. The number of nitrogens with zero attached hydrogens (tertiary/aromatic N) is 3. The number of hydrogen-bond acceptors (Lipinski definition) is 7. The van der Waals surface area contributed by atoms with Crippen molar-refractivity contribution in [2.75, 3.05) is 24.4 Å². The maximum atomic E-state index is 13.9. The van der Waals surface area contributed by atoms with Gasteiger partial charge in [-0.2, -0.15) is 4.36 Å². The van der Waals surface area contributed by atoms with Crippen LogP contribution in [0.5, 0.6) is 5.75 Å². The van der Waals surface area contributed by atoms with Gasteiger partial charge in [-0.1, -0.05) is 11.6 Å². The Morgan fingerprint density at radius 1 is 1.24 bits per heavy atom. The first-order valence-electron chi connectivity index (χ1n) is 9.83. The van der Waals surface area contributed by atoms with Crippen molar-refractivity contribution in [3.05, 3.63) is 47.5 Å². The third kappa shape index (κ3) is 6.70. The van der Waals surface area contributed by atoms with Gasteiger partial charge in [0.2, 0.25) is 0 Å². The van der Waals surface area contributed by atoms with Gasteiger partial charge in [-0.25, -0.2) is 27.3 Å². The van der Waals surface area contributed by atoms with Crippen molar-refractivity contribution >= 4 is 55.3 Å². The highest BCUT2D eigenvalue weighted by molar-refractivity contribution is 7.92. The van der Waals surface area contributed by atoms with Crippen LogP contribution in [0.1, 0.15) is 6.92 Å². The van der Waals surface area contributed by atoms with E-state index < -0.39 is 40.5 Å². The molecule has 1 aromatic heterocycles. The van der Waals surface area contributed by atoms with Gasteiger partial charge in [-0.3, -0.25) is 4.79 Å². The number of amides is 1. The van der Waals surface area contributed by atoms with Crippen LogP contribution in [-0.4, -0.2) is 51.7 Å². The molecular weight excluding hydrogens is 495 g/mol. The van der Waals surface area contributed by atoms with Crippen LogP contribution >= 0.6 is 11.6 Å². The van der Waals surface area contributed by atoms with Crippen LogP contribution in [0, 0.1) is 5.82 Å². The number of carbonyl (C=O) groups excluding carboxylic acids is 1. The summed E-state index contributed by atoms with van der Waals surface area (Å²) in [5.41, 5.74) is 1.04. The Kier molecular flexibility index (Phi) is 7.82. The largest absolute Gasteiger partial charge is 0.479 e. The number of hydrogen-bond donors (Lipinski definition) is 2. The molecule has 3 aromatic rings. The summed E-state index contributed by atoms with van der Waals surface area (Å²) in [7, 11) is -2.43. The Morgan fingerprint density at radius 2 is 1.97 bits per heavy atom. The van der Waals surface area contributed by atoms with Gasteiger partial charge in [0.1, 0.15) is 23.7 Å². The Balaban J connectivity index is 1.95. The molecule has 0 saturated heterocycles. The molecule has 2 aromatic carbocycles.